The average Bonchev–Trinajstić information content (AvgIpc) is 2.39. The van der Waals surface area contributed by atoms with E-state index in [1.54, 1.807) is 0 Å². The Balaban J connectivity index is 2.26. The van der Waals surface area contributed by atoms with Crippen LogP contribution in [-0.4, -0.2) is 4.98 Å². The monoisotopic (exact) mass is 211 g/mol. The Morgan fingerprint density at radius 1 is 1.06 bits per heavy atom. The molecule has 82 valence electrons. The van der Waals surface area contributed by atoms with Gasteiger partial charge in [0.05, 0.1) is 5.69 Å². The first kappa shape index (κ1) is 10.9. The second-order valence-electron chi connectivity index (χ2n) is 4.15. The molecule has 0 bridgehead atoms. The van der Waals surface area contributed by atoms with E-state index in [1.807, 2.05) is 24.4 Å². The van der Waals surface area contributed by atoms with Crippen LogP contribution in [0.25, 0.3) is 11.3 Å². The van der Waals surface area contributed by atoms with Crippen LogP contribution in [0.15, 0.2) is 48.7 Å². The maximum Gasteiger partial charge on any atom is 0.0701 e. The Hall–Kier alpha value is -1.63. The first-order chi connectivity index (χ1) is 7.81. The summed E-state index contributed by atoms with van der Waals surface area (Å²) in [6.07, 6.45) is 3.01. The summed E-state index contributed by atoms with van der Waals surface area (Å²) in [6, 6.07) is 14.7. The molecule has 0 saturated carbocycles. The summed E-state index contributed by atoms with van der Waals surface area (Å²) in [7, 11) is 0. The summed E-state index contributed by atoms with van der Waals surface area (Å²) in [6.45, 7) is 4.48. The standard InChI is InChI=1S/C15H17N/c1-3-12(2)13-7-9-14(10-8-13)15-6-4-5-11-16-15/h4-12H,3H2,1-2H3. The van der Waals surface area contributed by atoms with Crippen molar-refractivity contribution >= 4 is 0 Å². The number of aromatic nitrogens is 1. The fourth-order valence-electron chi connectivity index (χ4n) is 1.75. The van der Waals surface area contributed by atoms with E-state index in [0.717, 1.165) is 5.69 Å². The SMILES string of the molecule is CCC(C)c1ccc(-c2ccccn2)cc1. The van der Waals surface area contributed by atoms with Crippen LogP contribution in [0.2, 0.25) is 0 Å². The van der Waals surface area contributed by atoms with Crippen molar-refractivity contribution in [2.75, 3.05) is 0 Å². The number of nitrogens with zero attached hydrogens (tertiary/aromatic N) is 1. The Morgan fingerprint density at radius 2 is 1.81 bits per heavy atom. The quantitative estimate of drug-likeness (QED) is 0.739. The van der Waals surface area contributed by atoms with Crippen LogP contribution in [0.5, 0.6) is 0 Å². The van der Waals surface area contributed by atoms with Gasteiger partial charge in [-0.1, -0.05) is 44.2 Å². The zero-order chi connectivity index (χ0) is 11.4. The van der Waals surface area contributed by atoms with Gasteiger partial charge in [-0.25, -0.2) is 0 Å². The lowest BCUT2D eigenvalue weighted by Crippen LogP contribution is -1.91. The molecule has 1 atom stereocenters. The third-order valence-electron chi connectivity index (χ3n) is 3.05. The molecule has 0 radical (unpaired) electrons. The van der Waals surface area contributed by atoms with E-state index in [0.29, 0.717) is 5.92 Å². The molecule has 0 aliphatic heterocycles. The smallest absolute Gasteiger partial charge is 0.0701 e. The van der Waals surface area contributed by atoms with E-state index >= 15 is 0 Å². The third-order valence-corrected chi connectivity index (χ3v) is 3.05. The fraction of sp³-hybridized carbons (Fsp3) is 0.267. The molecule has 1 nitrogen and oxygen atoms in total. The van der Waals surface area contributed by atoms with Crippen molar-refractivity contribution in [1.82, 2.24) is 4.98 Å². The molecule has 0 saturated heterocycles. The lowest BCUT2D eigenvalue weighted by Gasteiger charge is -2.09. The maximum absolute atomic E-state index is 4.34. The Kier molecular flexibility index (Phi) is 3.35. The molecule has 2 aromatic rings. The van der Waals surface area contributed by atoms with Crippen LogP contribution in [0, 0.1) is 0 Å². The van der Waals surface area contributed by atoms with E-state index in [2.05, 4.69) is 43.1 Å². The molecule has 0 N–H and O–H groups in total. The predicted octanol–water partition coefficient (Wildman–Crippen LogP) is 4.26. The molecule has 0 spiro atoms. The largest absolute Gasteiger partial charge is 0.256 e. The molecule has 1 unspecified atom stereocenters. The van der Waals surface area contributed by atoms with Crippen molar-refractivity contribution in [2.24, 2.45) is 0 Å². The normalized spacial score (nSPS) is 12.4. The first-order valence-corrected chi connectivity index (χ1v) is 5.82. The van der Waals surface area contributed by atoms with Gasteiger partial charge in [0.15, 0.2) is 0 Å². The van der Waals surface area contributed by atoms with Crippen molar-refractivity contribution in [2.45, 2.75) is 26.2 Å². The maximum atomic E-state index is 4.34. The highest BCUT2D eigenvalue weighted by molar-refractivity contribution is 5.59. The van der Waals surface area contributed by atoms with Gasteiger partial charge in [0.25, 0.3) is 0 Å². The Labute approximate surface area is 97.2 Å². The van der Waals surface area contributed by atoms with Crippen molar-refractivity contribution in [3.8, 4) is 11.3 Å². The minimum atomic E-state index is 0.637. The Morgan fingerprint density at radius 3 is 2.38 bits per heavy atom. The molecule has 0 aliphatic carbocycles. The molecule has 1 heterocycles. The molecular formula is C15H17N. The highest BCUT2D eigenvalue weighted by atomic mass is 14.7. The van der Waals surface area contributed by atoms with Gasteiger partial charge < -0.3 is 0 Å². The van der Waals surface area contributed by atoms with E-state index in [9.17, 15) is 0 Å². The first-order valence-electron chi connectivity index (χ1n) is 5.82. The summed E-state index contributed by atoms with van der Waals surface area (Å²) < 4.78 is 0. The number of hydrogen-bond acceptors (Lipinski definition) is 1. The number of benzene rings is 1. The van der Waals surface area contributed by atoms with E-state index in [-0.39, 0.29) is 0 Å². The highest BCUT2D eigenvalue weighted by Crippen LogP contribution is 2.22. The van der Waals surface area contributed by atoms with Crippen molar-refractivity contribution in [1.29, 1.82) is 0 Å². The third kappa shape index (κ3) is 2.30. The lowest BCUT2D eigenvalue weighted by molar-refractivity contribution is 0.734. The van der Waals surface area contributed by atoms with Crippen LogP contribution < -0.4 is 0 Å². The lowest BCUT2D eigenvalue weighted by atomic mass is 9.97. The summed E-state index contributed by atoms with van der Waals surface area (Å²) in [5, 5.41) is 0. The zero-order valence-corrected chi connectivity index (χ0v) is 9.85. The zero-order valence-electron chi connectivity index (χ0n) is 9.85. The van der Waals surface area contributed by atoms with Crippen molar-refractivity contribution in [3.05, 3.63) is 54.2 Å². The van der Waals surface area contributed by atoms with Crippen LogP contribution in [0.1, 0.15) is 31.7 Å². The predicted molar refractivity (Wildman–Crippen MR) is 68.4 cm³/mol. The van der Waals surface area contributed by atoms with Crippen molar-refractivity contribution in [3.63, 3.8) is 0 Å². The average molecular weight is 211 g/mol. The van der Waals surface area contributed by atoms with Gasteiger partial charge in [-0.15, -0.1) is 0 Å². The van der Waals surface area contributed by atoms with Crippen LogP contribution in [0.4, 0.5) is 0 Å². The molecule has 1 heteroatoms. The van der Waals surface area contributed by atoms with Crippen LogP contribution in [0.3, 0.4) is 0 Å². The molecule has 16 heavy (non-hydrogen) atoms. The fourth-order valence-corrected chi connectivity index (χ4v) is 1.75. The summed E-state index contributed by atoms with van der Waals surface area (Å²) in [5.74, 6) is 0.637. The molecule has 2 rings (SSSR count). The second-order valence-corrected chi connectivity index (χ2v) is 4.15. The van der Waals surface area contributed by atoms with Gasteiger partial charge in [-0.2, -0.15) is 0 Å². The van der Waals surface area contributed by atoms with E-state index in [4.69, 9.17) is 0 Å². The van der Waals surface area contributed by atoms with Crippen LogP contribution in [-0.2, 0) is 0 Å². The molecular weight excluding hydrogens is 194 g/mol. The molecule has 1 aromatic carbocycles. The number of rotatable bonds is 3. The number of hydrogen-bond donors (Lipinski definition) is 0. The number of pyridine rings is 1. The van der Waals surface area contributed by atoms with Gasteiger partial charge in [-0.3, -0.25) is 4.98 Å². The van der Waals surface area contributed by atoms with Crippen LogP contribution >= 0.6 is 0 Å². The molecule has 1 aromatic heterocycles. The van der Waals surface area contributed by atoms with Gasteiger partial charge >= 0.3 is 0 Å². The van der Waals surface area contributed by atoms with E-state index < -0.39 is 0 Å². The topological polar surface area (TPSA) is 12.9 Å². The summed E-state index contributed by atoms with van der Waals surface area (Å²) >= 11 is 0. The van der Waals surface area contributed by atoms with E-state index in [1.165, 1.54) is 17.5 Å². The Bertz CT molecular complexity index is 431. The summed E-state index contributed by atoms with van der Waals surface area (Å²) in [4.78, 5) is 4.34. The minimum Gasteiger partial charge on any atom is -0.256 e. The van der Waals surface area contributed by atoms with Gasteiger partial charge in [-0.05, 0) is 30.0 Å². The summed E-state index contributed by atoms with van der Waals surface area (Å²) in [5.41, 5.74) is 3.63. The van der Waals surface area contributed by atoms with Gasteiger partial charge in [0.2, 0.25) is 0 Å². The van der Waals surface area contributed by atoms with Gasteiger partial charge in [0, 0.05) is 11.8 Å². The highest BCUT2D eigenvalue weighted by Gasteiger charge is 2.03. The minimum absolute atomic E-state index is 0.637. The van der Waals surface area contributed by atoms with Crippen molar-refractivity contribution < 1.29 is 0 Å². The molecule has 0 fully saturated rings. The molecule has 0 aliphatic rings. The van der Waals surface area contributed by atoms with Gasteiger partial charge in [0.1, 0.15) is 0 Å². The second kappa shape index (κ2) is 4.93. The molecule has 0 amide bonds.